The summed E-state index contributed by atoms with van der Waals surface area (Å²) in [6.45, 7) is 0.0960. The molecule has 6 rings (SSSR count). The quantitative estimate of drug-likeness (QED) is 0.464. The molecule has 1 amide bonds. The monoisotopic (exact) mass is 557 g/mol. The minimum atomic E-state index is -4.68. The van der Waals surface area contributed by atoms with E-state index in [1.807, 2.05) is 6.07 Å². The third-order valence-corrected chi connectivity index (χ3v) is 9.78. The normalized spacial score (nSPS) is 25.4. The molecule has 3 fully saturated rings. The highest BCUT2D eigenvalue weighted by Gasteiger charge is 2.87. The predicted octanol–water partition coefficient (Wildman–Crippen LogP) is 3.50. The highest BCUT2D eigenvalue weighted by molar-refractivity contribution is 7.89. The van der Waals surface area contributed by atoms with Crippen LogP contribution in [0.2, 0.25) is 0 Å². The summed E-state index contributed by atoms with van der Waals surface area (Å²) in [5, 5.41) is 12.3. The SMILES string of the molecule is N#Cc1ccc(-c2cnc(C(F)(F)F)nc2)cc1CNC(=O)C1N(S(=O)(=O)c2ccc(F)cc2)CC2C3CC231. The molecular formula is C26H19F4N5O3S. The van der Waals surface area contributed by atoms with Crippen molar-refractivity contribution in [1.82, 2.24) is 19.6 Å². The van der Waals surface area contributed by atoms with Gasteiger partial charge in [-0.1, -0.05) is 6.07 Å². The van der Waals surface area contributed by atoms with Gasteiger partial charge in [-0.2, -0.15) is 22.7 Å². The van der Waals surface area contributed by atoms with Crippen LogP contribution in [-0.2, 0) is 27.5 Å². The third kappa shape index (κ3) is 4.06. The molecule has 13 heteroatoms. The van der Waals surface area contributed by atoms with Gasteiger partial charge in [0.05, 0.1) is 16.5 Å². The van der Waals surface area contributed by atoms with Gasteiger partial charge in [0.25, 0.3) is 0 Å². The number of nitriles is 1. The second-order valence-corrected chi connectivity index (χ2v) is 11.8. The number of halogens is 4. The Balaban J connectivity index is 1.23. The molecule has 8 nitrogen and oxygen atoms in total. The number of carbonyl (C=O) groups is 1. The number of sulfonamides is 1. The van der Waals surface area contributed by atoms with Crippen LogP contribution in [0.3, 0.4) is 0 Å². The number of hydrogen-bond donors (Lipinski definition) is 1. The molecule has 0 bridgehead atoms. The van der Waals surface area contributed by atoms with Crippen molar-refractivity contribution in [2.75, 3.05) is 6.54 Å². The van der Waals surface area contributed by atoms with Gasteiger partial charge in [-0.05, 0) is 65.8 Å². The van der Waals surface area contributed by atoms with Crippen LogP contribution in [0.5, 0.6) is 0 Å². The number of nitrogens with one attached hydrogen (secondary N) is 1. The number of hydrogen-bond acceptors (Lipinski definition) is 6. The van der Waals surface area contributed by atoms with Gasteiger partial charge in [-0.15, -0.1) is 0 Å². The van der Waals surface area contributed by atoms with E-state index >= 15 is 0 Å². The first kappa shape index (κ1) is 25.4. The molecule has 39 heavy (non-hydrogen) atoms. The zero-order valence-corrected chi connectivity index (χ0v) is 20.8. The van der Waals surface area contributed by atoms with Gasteiger partial charge in [0.15, 0.2) is 0 Å². The zero-order valence-electron chi connectivity index (χ0n) is 20.0. The van der Waals surface area contributed by atoms with Crippen LogP contribution in [-0.4, -0.2) is 41.2 Å². The minimum Gasteiger partial charge on any atom is -0.351 e. The van der Waals surface area contributed by atoms with Gasteiger partial charge in [0.1, 0.15) is 11.9 Å². The fraction of sp³-hybridized carbons (Fsp3) is 0.308. The lowest BCUT2D eigenvalue weighted by molar-refractivity contribution is -0.145. The van der Waals surface area contributed by atoms with Crippen LogP contribution in [0, 0.1) is 34.4 Å². The van der Waals surface area contributed by atoms with Gasteiger partial charge in [0.2, 0.25) is 21.8 Å². The molecule has 2 aliphatic carbocycles. The van der Waals surface area contributed by atoms with Crippen LogP contribution in [0.25, 0.3) is 11.1 Å². The molecule has 2 heterocycles. The van der Waals surface area contributed by atoms with Crippen molar-refractivity contribution in [3.63, 3.8) is 0 Å². The van der Waals surface area contributed by atoms with Crippen molar-refractivity contribution in [3.05, 3.63) is 77.6 Å². The molecule has 4 unspecified atom stereocenters. The van der Waals surface area contributed by atoms with E-state index in [1.165, 1.54) is 28.6 Å². The lowest BCUT2D eigenvalue weighted by Gasteiger charge is -2.26. The molecule has 1 aromatic heterocycles. The van der Waals surface area contributed by atoms with Crippen LogP contribution < -0.4 is 5.32 Å². The van der Waals surface area contributed by atoms with Gasteiger partial charge >= 0.3 is 6.18 Å². The standard InChI is InChI=1S/C26H19F4N5O3S/c27-18-3-5-19(6-4-18)39(37,38)35-13-21-20-8-25(20,21)22(35)23(36)32-10-16-7-14(1-2-15(16)9-31)17-11-33-24(34-12-17)26(28,29)30/h1-7,11-12,20-22H,8,10,13H2,(H,32,36). The molecular weight excluding hydrogens is 538 g/mol. The second-order valence-electron chi connectivity index (χ2n) is 9.96. The highest BCUT2D eigenvalue weighted by atomic mass is 32.2. The molecule has 1 aliphatic heterocycles. The molecule has 1 N–H and O–H groups in total. The number of carbonyl (C=O) groups excluding carboxylic acids is 1. The smallest absolute Gasteiger partial charge is 0.351 e. The van der Waals surface area contributed by atoms with Crippen molar-refractivity contribution < 1.29 is 30.8 Å². The fourth-order valence-corrected chi connectivity index (χ4v) is 7.43. The van der Waals surface area contributed by atoms with E-state index in [4.69, 9.17) is 0 Å². The number of piperidine rings is 1. The van der Waals surface area contributed by atoms with Crippen LogP contribution in [0.4, 0.5) is 17.6 Å². The average molecular weight is 558 g/mol. The number of fused-ring (bicyclic) bond motifs is 1. The summed E-state index contributed by atoms with van der Waals surface area (Å²) in [5.41, 5.74) is 0.964. The summed E-state index contributed by atoms with van der Waals surface area (Å²) in [5.74, 6) is -1.96. The lowest BCUT2D eigenvalue weighted by Crippen LogP contribution is -2.48. The summed E-state index contributed by atoms with van der Waals surface area (Å²) < 4.78 is 79.7. The average Bonchev–Trinajstić information content (AvgIpc) is 3.76. The second kappa shape index (κ2) is 8.56. The van der Waals surface area contributed by atoms with Crippen LogP contribution in [0.15, 0.2) is 59.8 Å². The van der Waals surface area contributed by atoms with Crippen LogP contribution >= 0.6 is 0 Å². The number of alkyl halides is 3. The molecule has 3 aliphatic rings. The first-order valence-corrected chi connectivity index (χ1v) is 13.4. The Morgan fingerprint density at radius 3 is 2.41 bits per heavy atom. The number of nitrogens with zero attached hydrogens (tertiary/aromatic N) is 4. The van der Waals surface area contributed by atoms with Crippen molar-refractivity contribution in [3.8, 4) is 17.2 Å². The van der Waals surface area contributed by atoms with Gasteiger partial charge in [-0.3, -0.25) is 4.79 Å². The van der Waals surface area contributed by atoms with E-state index in [-0.39, 0.29) is 35.0 Å². The molecule has 2 aromatic carbocycles. The molecule has 0 radical (unpaired) electrons. The number of amides is 1. The third-order valence-electron chi connectivity index (χ3n) is 7.93. The van der Waals surface area contributed by atoms with E-state index < -0.39 is 45.2 Å². The maximum absolute atomic E-state index is 13.4. The molecule has 1 saturated heterocycles. The number of aromatic nitrogens is 2. The Hall–Kier alpha value is -3.89. The molecule has 4 atom stereocenters. The van der Waals surface area contributed by atoms with Crippen molar-refractivity contribution in [1.29, 1.82) is 5.26 Å². The largest absolute Gasteiger partial charge is 0.451 e. The Morgan fingerprint density at radius 1 is 1.10 bits per heavy atom. The summed E-state index contributed by atoms with van der Waals surface area (Å²) in [6.07, 6.45) is -1.89. The first-order valence-electron chi connectivity index (χ1n) is 11.9. The fourth-order valence-electron chi connectivity index (χ4n) is 5.75. The molecule has 200 valence electrons. The summed E-state index contributed by atoms with van der Waals surface area (Å²) >= 11 is 0. The first-order chi connectivity index (χ1) is 18.5. The molecule has 1 spiro atoms. The summed E-state index contributed by atoms with van der Waals surface area (Å²) in [7, 11) is -4.06. The van der Waals surface area contributed by atoms with Crippen molar-refractivity contribution in [2.24, 2.45) is 17.3 Å². The van der Waals surface area contributed by atoms with Gasteiger partial charge in [-0.25, -0.2) is 22.8 Å². The van der Waals surface area contributed by atoms with Gasteiger partial charge < -0.3 is 5.32 Å². The zero-order chi connectivity index (χ0) is 27.7. The lowest BCUT2D eigenvalue weighted by atomic mass is 10.00. The van der Waals surface area contributed by atoms with E-state index in [0.717, 1.165) is 30.9 Å². The summed E-state index contributed by atoms with van der Waals surface area (Å²) in [6, 6.07) is 10.1. The number of benzene rings is 2. The Kier molecular flexibility index (Phi) is 5.57. The van der Waals surface area contributed by atoms with E-state index in [9.17, 15) is 36.0 Å². The maximum atomic E-state index is 13.4. The molecule has 2 saturated carbocycles. The topological polar surface area (TPSA) is 116 Å². The minimum absolute atomic E-state index is 0.0983. The Bertz CT molecular complexity index is 1640. The van der Waals surface area contributed by atoms with Crippen molar-refractivity contribution in [2.45, 2.75) is 30.1 Å². The predicted molar refractivity (Wildman–Crippen MR) is 127 cm³/mol. The number of rotatable bonds is 6. The van der Waals surface area contributed by atoms with E-state index in [1.54, 1.807) is 6.07 Å². The van der Waals surface area contributed by atoms with Crippen LogP contribution in [0.1, 0.15) is 23.4 Å². The Labute approximate surface area is 220 Å². The Morgan fingerprint density at radius 2 is 1.79 bits per heavy atom. The van der Waals surface area contributed by atoms with Gasteiger partial charge in [0, 0.05) is 36.5 Å². The molecule has 3 aromatic rings. The highest BCUT2D eigenvalue weighted by Crippen LogP contribution is 2.85. The maximum Gasteiger partial charge on any atom is 0.451 e. The van der Waals surface area contributed by atoms with Crippen molar-refractivity contribution >= 4 is 15.9 Å². The summed E-state index contributed by atoms with van der Waals surface area (Å²) in [4.78, 5) is 20.0. The van der Waals surface area contributed by atoms with E-state index in [2.05, 4.69) is 15.3 Å². The van der Waals surface area contributed by atoms with E-state index in [0.29, 0.717) is 17.0 Å².